The first-order valence-electron chi connectivity index (χ1n) is 7.42. The second-order valence-corrected chi connectivity index (χ2v) is 5.89. The summed E-state index contributed by atoms with van der Waals surface area (Å²) in [5.41, 5.74) is 1.27. The van der Waals surface area contributed by atoms with Crippen molar-refractivity contribution in [1.29, 1.82) is 0 Å². The third-order valence-corrected chi connectivity index (χ3v) is 4.22. The molecule has 0 bridgehead atoms. The molecule has 0 aliphatic heterocycles. The molecule has 1 aromatic carbocycles. The van der Waals surface area contributed by atoms with Gasteiger partial charge in [0.2, 0.25) is 0 Å². The highest BCUT2D eigenvalue weighted by Crippen LogP contribution is 2.29. The number of ether oxygens (including phenoxy) is 1. The summed E-state index contributed by atoms with van der Waals surface area (Å²) >= 11 is 0. The fourth-order valence-electron chi connectivity index (χ4n) is 2.60. The maximum Gasteiger partial charge on any atom is 0.338 e. The van der Waals surface area contributed by atoms with Crippen LogP contribution in [0.25, 0.3) is 0 Å². The van der Waals surface area contributed by atoms with Crippen molar-refractivity contribution in [2.45, 2.75) is 51.6 Å². The van der Waals surface area contributed by atoms with Gasteiger partial charge in [-0.25, -0.2) is 4.79 Å². The van der Waals surface area contributed by atoms with Crippen molar-refractivity contribution in [3.63, 3.8) is 0 Å². The van der Waals surface area contributed by atoms with Gasteiger partial charge in [-0.2, -0.15) is 0 Å². The number of hydrogen-bond acceptors (Lipinski definition) is 4. The molecule has 0 aromatic heterocycles. The van der Waals surface area contributed by atoms with Crippen molar-refractivity contribution in [3.8, 4) is 0 Å². The molecule has 1 aliphatic rings. The Morgan fingerprint density at radius 2 is 1.81 bits per heavy atom. The fraction of sp³-hybridized carbons (Fsp3) is 0.529. The minimum atomic E-state index is -1.40. The van der Waals surface area contributed by atoms with Crippen molar-refractivity contribution in [2.24, 2.45) is 0 Å². The monoisotopic (exact) mass is 290 g/mol. The number of aliphatic hydroxyl groups is 1. The summed E-state index contributed by atoms with van der Waals surface area (Å²) < 4.78 is 5.03. The van der Waals surface area contributed by atoms with Crippen molar-refractivity contribution < 1.29 is 19.4 Å². The normalized spacial score (nSPS) is 17.3. The Bertz CT molecular complexity index is 542. The Morgan fingerprint density at radius 3 is 2.43 bits per heavy atom. The summed E-state index contributed by atoms with van der Waals surface area (Å²) in [6.07, 6.45) is 3.50. The molecule has 1 N–H and O–H groups in total. The van der Waals surface area contributed by atoms with Crippen molar-refractivity contribution >= 4 is 11.8 Å². The number of Topliss-reactive ketones (excluding diaryl/α,β-unsaturated/α-hetero) is 1. The molecule has 1 aliphatic carbocycles. The van der Waals surface area contributed by atoms with Crippen molar-refractivity contribution in [1.82, 2.24) is 0 Å². The highest BCUT2D eigenvalue weighted by molar-refractivity contribution is 5.98. The van der Waals surface area contributed by atoms with Crippen LogP contribution in [-0.4, -0.2) is 29.1 Å². The van der Waals surface area contributed by atoms with E-state index in [2.05, 4.69) is 0 Å². The van der Waals surface area contributed by atoms with E-state index in [1.165, 1.54) is 0 Å². The predicted octanol–water partition coefficient (Wildman–Crippen LogP) is 2.72. The molecular weight excluding hydrogens is 268 g/mol. The largest absolute Gasteiger partial charge is 0.455 e. The number of hydrogen-bond donors (Lipinski definition) is 1. The van der Waals surface area contributed by atoms with E-state index in [4.69, 9.17) is 4.74 Å². The van der Waals surface area contributed by atoms with Crippen LogP contribution < -0.4 is 0 Å². The number of carbonyl (C=O) groups is 2. The summed E-state index contributed by atoms with van der Waals surface area (Å²) in [5.74, 6) is -0.912. The Hall–Kier alpha value is -1.68. The Labute approximate surface area is 125 Å². The topological polar surface area (TPSA) is 63.6 Å². The van der Waals surface area contributed by atoms with Gasteiger partial charge in [-0.3, -0.25) is 4.79 Å². The zero-order valence-electron chi connectivity index (χ0n) is 12.6. The Morgan fingerprint density at radius 1 is 1.14 bits per heavy atom. The van der Waals surface area contributed by atoms with Crippen LogP contribution in [0.2, 0.25) is 0 Å². The molecule has 0 unspecified atom stereocenters. The van der Waals surface area contributed by atoms with Gasteiger partial charge in [-0.05, 0) is 56.7 Å². The van der Waals surface area contributed by atoms with E-state index in [0.717, 1.165) is 30.4 Å². The number of esters is 1. The quantitative estimate of drug-likeness (QED) is 0.684. The fourth-order valence-corrected chi connectivity index (χ4v) is 2.60. The van der Waals surface area contributed by atoms with E-state index < -0.39 is 11.6 Å². The highest BCUT2D eigenvalue weighted by atomic mass is 16.6. The predicted molar refractivity (Wildman–Crippen MR) is 79.2 cm³/mol. The number of rotatable bonds is 4. The zero-order valence-corrected chi connectivity index (χ0v) is 12.6. The van der Waals surface area contributed by atoms with E-state index >= 15 is 0 Å². The lowest BCUT2D eigenvalue weighted by atomic mass is 9.85. The molecule has 4 nitrogen and oxygen atoms in total. The van der Waals surface area contributed by atoms with Gasteiger partial charge in [0.15, 0.2) is 18.0 Å². The van der Waals surface area contributed by atoms with Gasteiger partial charge >= 0.3 is 5.97 Å². The molecule has 21 heavy (non-hydrogen) atoms. The van der Waals surface area contributed by atoms with Gasteiger partial charge in [0.1, 0.15) is 0 Å². The summed E-state index contributed by atoms with van der Waals surface area (Å²) in [6, 6.07) is 5.40. The maximum absolute atomic E-state index is 12.0. The number of ketones is 1. The van der Waals surface area contributed by atoms with Gasteiger partial charge in [0.25, 0.3) is 0 Å². The molecule has 0 amide bonds. The van der Waals surface area contributed by atoms with E-state index in [1.54, 1.807) is 12.1 Å². The maximum atomic E-state index is 12.0. The van der Waals surface area contributed by atoms with E-state index in [1.807, 2.05) is 19.9 Å². The average Bonchev–Trinajstić information content (AvgIpc) is 2.48. The standard InChI is InChI=1S/C17H22O4/c1-12-6-7-14(10-13(12)2)15(18)11-21-16(19)17(20)8-4-3-5-9-17/h6-7,10,20H,3-5,8-9,11H2,1-2H3. The van der Waals surface area contributed by atoms with Crippen LogP contribution >= 0.6 is 0 Å². The minimum Gasteiger partial charge on any atom is -0.455 e. The molecule has 2 rings (SSSR count). The van der Waals surface area contributed by atoms with Crippen LogP contribution in [0.15, 0.2) is 18.2 Å². The van der Waals surface area contributed by atoms with Crippen LogP contribution in [0, 0.1) is 13.8 Å². The lowest BCUT2D eigenvalue weighted by molar-refractivity contribution is -0.167. The van der Waals surface area contributed by atoms with E-state index in [9.17, 15) is 14.7 Å². The van der Waals surface area contributed by atoms with Crippen LogP contribution in [0.5, 0.6) is 0 Å². The molecule has 0 atom stereocenters. The molecule has 1 saturated carbocycles. The summed E-state index contributed by atoms with van der Waals surface area (Å²) in [4.78, 5) is 24.0. The van der Waals surface area contributed by atoms with Gasteiger partial charge in [-0.15, -0.1) is 0 Å². The Kier molecular flexibility index (Phi) is 4.78. The molecule has 0 spiro atoms. The van der Waals surface area contributed by atoms with E-state index in [-0.39, 0.29) is 12.4 Å². The molecular formula is C17H22O4. The first kappa shape index (κ1) is 15.7. The van der Waals surface area contributed by atoms with Crippen molar-refractivity contribution in [2.75, 3.05) is 6.61 Å². The van der Waals surface area contributed by atoms with Crippen molar-refractivity contribution in [3.05, 3.63) is 34.9 Å². The lowest BCUT2D eigenvalue weighted by Crippen LogP contribution is -2.42. The average molecular weight is 290 g/mol. The van der Waals surface area contributed by atoms with E-state index in [0.29, 0.717) is 18.4 Å². The summed E-state index contributed by atoms with van der Waals surface area (Å²) in [5, 5.41) is 10.2. The van der Waals surface area contributed by atoms with Gasteiger partial charge in [-0.1, -0.05) is 18.6 Å². The Balaban J connectivity index is 1.94. The molecule has 1 aromatic rings. The molecule has 114 valence electrons. The highest BCUT2D eigenvalue weighted by Gasteiger charge is 2.38. The number of benzene rings is 1. The molecule has 1 fully saturated rings. The second kappa shape index (κ2) is 6.39. The first-order chi connectivity index (χ1) is 9.92. The van der Waals surface area contributed by atoms with Gasteiger partial charge in [0.05, 0.1) is 0 Å². The second-order valence-electron chi connectivity index (χ2n) is 5.89. The zero-order chi connectivity index (χ0) is 15.5. The van der Waals surface area contributed by atoms with Crippen LogP contribution in [0.3, 0.4) is 0 Å². The minimum absolute atomic E-state index is 0.245. The number of carbonyl (C=O) groups excluding carboxylic acids is 2. The third kappa shape index (κ3) is 3.70. The van der Waals surface area contributed by atoms with Gasteiger partial charge in [0, 0.05) is 5.56 Å². The molecule has 0 heterocycles. The molecule has 0 radical (unpaired) electrons. The smallest absolute Gasteiger partial charge is 0.338 e. The molecule has 4 heteroatoms. The summed E-state index contributed by atoms with van der Waals surface area (Å²) in [6.45, 7) is 3.59. The number of aryl methyl sites for hydroxylation is 2. The third-order valence-electron chi connectivity index (χ3n) is 4.22. The summed E-state index contributed by atoms with van der Waals surface area (Å²) in [7, 11) is 0. The first-order valence-corrected chi connectivity index (χ1v) is 7.42. The van der Waals surface area contributed by atoms with Gasteiger partial charge < -0.3 is 9.84 Å². The SMILES string of the molecule is Cc1ccc(C(=O)COC(=O)C2(O)CCCCC2)cc1C. The molecule has 0 saturated heterocycles. The van der Waals surface area contributed by atoms with Crippen LogP contribution in [0.1, 0.15) is 53.6 Å². The van der Waals surface area contributed by atoms with Crippen LogP contribution in [-0.2, 0) is 9.53 Å². The van der Waals surface area contributed by atoms with Crippen LogP contribution in [0.4, 0.5) is 0 Å². The lowest BCUT2D eigenvalue weighted by Gasteiger charge is -2.29.